The van der Waals surface area contributed by atoms with Gasteiger partial charge in [0.25, 0.3) is 5.91 Å². The first-order valence-electron chi connectivity index (χ1n) is 15.0. The van der Waals surface area contributed by atoms with Crippen LogP contribution < -0.4 is 21.3 Å². The van der Waals surface area contributed by atoms with E-state index in [1.807, 2.05) is 5.32 Å². The number of likely N-dealkylation sites (N-methyl/N-ethyl adjacent to an activating group) is 1. The topological polar surface area (TPSA) is 206 Å². The summed E-state index contributed by atoms with van der Waals surface area (Å²) in [5.74, 6) is -8.96. The van der Waals surface area contributed by atoms with Crippen LogP contribution in [0.15, 0.2) is 46.9 Å². The highest BCUT2D eigenvalue weighted by Crippen LogP contribution is 2.54. The minimum atomic E-state index is -5.20. The molecule has 19 heteroatoms. The van der Waals surface area contributed by atoms with Gasteiger partial charge < -0.3 is 41.7 Å². The van der Waals surface area contributed by atoms with Crippen LogP contribution >= 0.6 is 0 Å². The maximum atomic E-state index is 14.1. The van der Waals surface area contributed by atoms with E-state index in [4.69, 9.17) is 5.73 Å². The number of benzene rings is 2. The Morgan fingerprint density at radius 3 is 1.98 bits per heavy atom. The third kappa shape index (κ3) is 5.98. The number of amides is 3. The van der Waals surface area contributed by atoms with Crippen molar-refractivity contribution < 1.29 is 65.9 Å². The van der Waals surface area contributed by atoms with Gasteiger partial charge in [0.1, 0.15) is 17.1 Å². The number of phenolic OH excluding ortho intramolecular Hbond substituents is 1. The third-order valence-electron chi connectivity index (χ3n) is 9.27. The second-order valence-electron chi connectivity index (χ2n) is 12.9. The molecule has 13 nitrogen and oxygen atoms in total. The number of aliphatic hydroxyl groups excluding tert-OH is 2. The highest BCUT2D eigenvalue weighted by Gasteiger charge is 2.63. The highest BCUT2D eigenvalue weighted by molar-refractivity contribution is 6.25. The smallest absolute Gasteiger partial charge is 0.416 e. The number of ketones is 2. The van der Waals surface area contributed by atoms with E-state index in [9.17, 15) is 65.9 Å². The summed E-state index contributed by atoms with van der Waals surface area (Å²) in [6.45, 7) is 0. The molecule has 0 spiro atoms. The fraction of sp³-hybridized carbons (Fsp3) is 0.375. The van der Waals surface area contributed by atoms with E-state index < -0.39 is 116 Å². The van der Waals surface area contributed by atoms with Gasteiger partial charge >= 0.3 is 18.4 Å². The zero-order valence-corrected chi connectivity index (χ0v) is 27.1. The number of carbonyl (C=O) groups excluding carboxylic acids is 4. The third-order valence-corrected chi connectivity index (χ3v) is 9.27. The van der Waals surface area contributed by atoms with Gasteiger partial charge in [0.05, 0.1) is 28.4 Å². The summed E-state index contributed by atoms with van der Waals surface area (Å²) < 4.78 is 80.1. The average molecular weight is 728 g/mol. The molecule has 8 N–H and O–H groups in total. The van der Waals surface area contributed by atoms with Gasteiger partial charge in [-0.25, -0.2) is 4.79 Å². The van der Waals surface area contributed by atoms with E-state index in [0.717, 1.165) is 0 Å². The van der Waals surface area contributed by atoms with Crippen LogP contribution in [0.2, 0.25) is 0 Å². The molecule has 4 atom stereocenters. The number of aliphatic hydroxyl groups is 3. The quantitative estimate of drug-likeness (QED) is 0.135. The van der Waals surface area contributed by atoms with Gasteiger partial charge in [0, 0.05) is 37.0 Å². The first-order valence-corrected chi connectivity index (χ1v) is 15.0. The molecule has 0 saturated carbocycles. The van der Waals surface area contributed by atoms with Crippen LogP contribution in [0.4, 0.5) is 48.2 Å². The van der Waals surface area contributed by atoms with E-state index >= 15 is 0 Å². The van der Waals surface area contributed by atoms with Gasteiger partial charge in [-0.3, -0.25) is 19.3 Å². The summed E-state index contributed by atoms with van der Waals surface area (Å²) in [5.41, 5.74) is -4.01. The van der Waals surface area contributed by atoms with Gasteiger partial charge in [-0.15, -0.1) is 0 Å². The largest absolute Gasteiger partial charge is 0.510 e. The minimum Gasteiger partial charge on any atom is -0.510 e. The van der Waals surface area contributed by atoms with E-state index in [1.165, 1.54) is 44.1 Å². The lowest BCUT2D eigenvalue weighted by Gasteiger charge is -2.50. The van der Waals surface area contributed by atoms with Gasteiger partial charge in [0.2, 0.25) is 5.78 Å². The molecule has 0 heterocycles. The van der Waals surface area contributed by atoms with Crippen LogP contribution in [0.5, 0.6) is 5.75 Å². The van der Waals surface area contributed by atoms with Crippen LogP contribution in [0.3, 0.4) is 0 Å². The van der Waals surface area contributed by atoms with Crippen molar-refractivity contribution in [2.45, 2.75) is 36.8 Å². The first kappa shape index (κ1) is 37.0. The normalized spacial score (nSPS) is 23.5. The Balaban J connectivity index is 1.59. The number of anilines is 3. The number of carbonyl (C=O) groups is 4. The molecule has 274 valence electrons. The lowest BCUT2D eigenvalue weighted by molar-refractivity contribution is -0.148. The van der Waals surface area contributed by atoms with Crippen molar-refractivity contribution >= 4 is 40.6 Å². The maximum Gasteiger partial charge on any atom is 0.416 e. The standard InChI is InChI=1S/C32H31F6N5O8/c1-42(2)18-10-17(41-29(50)40-14-8-12(31(33,34)35)7-13(9-14)32(36,37)38)23(44)20-15(18)5-11-6-16-22(43(3)4)25(46)21(28(39)49)27(48)30(16,51)26(47)19(11)24(20)45/h7-11,16,22,44,46-47,51H,5-6H2,1-4H3,(H2,39,49)(H2,40,41,50). The summed E-state index contributed by atoms with van der Waals surface area (Å²) >= 11 is 0. The Labute approximate surface area is 284 Å². The monoisotopic (exact) mass is 727 g/mol. The Morgan fingerprint density at radius 2 is 1.49 bits per heavy atom. The van der Waals surface area contributed by atoms with Crippen molar-refractivity contribution in [3.63, 3.8) is 0 Å². The number of hydrogen-bond acceptors (Lipinski definition) is 10. The molecule has 3 aliphatic carbocycles. The molecule has 4 unspecified atom stereocenters. The minimum absolute atomic E-state index is 0.105. The average Bonchev–Trinajstić information content (AvgIpc) is 2.98. The number of allylic oxidation sites excluding steroid dienone is 1. The van der Waals surface area contributed by atoms with Crippen LogP contribution in [0.1, 0.15) is 33.5 Å². The number of aromatic hydroxyl groups is 1. The SMILES string of the molecule is CN(C)c1cc(NC(=O)Nc2cc(C(F)(F)F)cc(C(F)(F)F)c2)c(O)c2c1CC1CC3C(N(C)C)C(O)=C(C(N)=O)C(=O)C3(O)C(O)=C1C2=O. The van der Waals surface area contributed by atoms with Crippen LogP contribution in [-0.2, 0) is 28.4 Å². The summed E-state index contributed by atoms with van der Waals surface area (Å²) in [7, 11) is 6.01. The van der Waals surface area contributed by atoms with Gasteiger partial charge in [-0.1, -0.05) is 0 Å². The second-order valence-corrected chi connectivity index (χ2v) is 12.9. The molecule has 3 aliphatic rings. The lowest BCUT2D eigenvalue weighted by Crippen LogP contribution is -2.63. The van der Waals surface area contributed by atoms with Crippen molar-refractivity contribution in [1.29, 1.82) is 0 Å². The number of rotatable bonds is 5. The predicted molar refractivity (Wildman–Crippen MR) is 167 cm³/mol. The number of hydrogen-bond donors (Lipinski definition) is 7. The molecule has 2 aromatic rings. The summed E-state index contributed by atoms with van der Waals surface area (Å²) in [4.78, 5) is 55.6. The molecule has 0 aromatic heterocycles. The molecular weight excluding hydrogens is 696 g/mol. The zero-order valence-electron chi connectivity index (χ0n) is 27.1. The Kier molecular flexibility index (Phi) is 8.83. The fourth-order valence-corrected chi connectivity index (χ4v) is 7.10. The molecule has 51 heavy (non-hydrogen) atoms. The molecular formula is C32H31F6N5O8. The first-order chi connectivity index (χ1) is 23.4. The van der Waals surface area contributed by atoms with Crippen molar-refractivity contribution in [3.05, 3.63) is 69.2 Å². The van der Waals surface area contributed by atoms with E-state index in [0.29, 0.717) is 0 Å². The number of fused-ring (bicyclic) bond motifs is 3. The Bertz CT molecular complexity index is 1920. The lowest BCUT2D eigenvalue weighted by atomic mass is 9.58. The highest BCUT2D eigenvalue weighted by atomic mass is 19.4. The number of halogens is 6. The van der Waals surface area contributed by atoms with Gasteiger partial charge in [0.15, 0.2) is 17.1 Å². The predicted octanol–water partition coefficient (Wildman–Crippen LogP) is 3.87. The molecule has 2 aromatic carbocycles. The number of primary amides is 1. The molecule has 0 saturated heterocycles. The zero-order chi connectivity index (χ0) is 38.3. The second kappa shape index (κ2) is 12.2. The van der Waals surface area contributed by atoms with E-state index in [1.54, 1.807) is 0 Å². The molecule has 5 rings (SSSR count). The van der Waals surface area contributed by atoms with E-state index in [2.05, 4.69) is 5.32 Å². The number of nitrogens with two attached hydrogens (primary N) is 1. The number of Topliss-reactive ketones (excluding diaryl/α,β-unsaturated/α-hetero) is 2. The number of nitrogens with zero attached hydrogens (tertiary/aromatic N) is 2. The summed E-state index contributed by atoms with van der Waals surface area (Å²) in [5, 5.41) is 49.4. The van der Waals surface area contributed by atoms with Crippen molar-refractivity contribution in [1.82, 2.24) is 4.90 Å². The summed E-state index contributed by atoms with van der Waals surface area (Å²) in [6, 6.07) is -1.04. The maximum absolute atomic E-state index is 14.1. The van der Waals surface area contributed by atoms with Crippen LogP contribution in [0, 0.1) is 11.8 Å². The number of urea groups is 1. The summed E-state index contributed by atoms with van der Waals surface area (Å²) in [6.07, 6.45) is -10.7. The molecule has 0 fully saturated rings. The van der Waals surface area contributed by atoms with Crippen LogP contribution in [-0.4, -0.2) is 88.7 Å². The number of nitrogens with one attached hydrogen (secondary N) is 2. The fourth-order valence-electron chi connectivity index (χ4n) is 7.10. The Hall–Kier alpha value is -5.30. The number of phenols is 1. The van der Waals surface area contributed by atoms with Gasteiger partial charge in [-0.2, -0.15) is 26.3 Å². The van der Waals surface area contributed by atoms with Gasteiger partial charge in [-0.05, 0) is 62.7 Å². The van der Waals surface area contributed by atoms with Crippen molar-refractivity contribution in [2.75, 3.05) is 43.7 Å². The number of alkyl halides is 6. The van der Waals surface area contributed by atoms with Crippen molar-refractivity contribution in [2.24, 2.45) is 17.6 Å². The van der Waals surface area contributed by atoms with Crippen molar-refractivity contribution in [3.8, 4) is 5.75 Å². The molecule has 3 amide bonds. The Morgan fingerprint density at radius 1 is 0.922 bits per heavy atom. The molecule has 0 aliphatic heterocycles. The van der Waals surface area contributed by atoms with E-state index in [-0.39, 0.29) is 42.3 Å². The molecule has 0 bridgehead atoms. The van der Waals surface area contributed by atoms with Crippen LogP contribution in [0.25, 0.3) is 0 Å². The molecule has 0 radical (unpaired) electrons.